The van der Waals surface area contributed by atoms with Crippen molar-refractivity contribution in [2.45, 2.75) is 26.1 Å². The highest BCUT2D eigenvalue weighted by molar-refractivity contribution is 6.32. The Labute approximate surface area is 164 Å². The standard InChI is InChI=1S/C19H16ClF3O5/c1-3-26-17(24)11(2)27-18(25)13-6-4-5-7-15(13)28-16-9-8-12(10-14(16)20)19(21,22)23/h4-11H,3H2,1-2H3. The Balaban J connectivity index is 2.23. The van der Waals surface area contributed by atoms with Gasteiger partial charge in [-0.2, -0.15) is 13.2 Å². The van der Waals surface area contributed by atoms with Gasteiger partial charge in [-0.25, -0.2) is 9.59 Å². The predicted molar refractivity (Wildman–Crippen MR) is 94.5 cm³/mol. The largest absolute Gasteiger partial charge is 0.463 e. The van der Waals surface area contributed by atoms with E-state index in [1.54, 1.807) is 13.0 Å². The van der Waals surface area contributed by atoms with Gasteiger partial charge in [0, 0.05) is 0 Å². The Morgan fingerprint density at radius 3 is 2.39 bits per heavy atom. The number of hydrogen-bond donors (Lipinski definition) is 0. The van der Waals surface area contributed by atoms with Gasteiger partial charge in [-0.05, 0) is 44.2 Å². The third kappa shape index (κ3) is 5.39. The molecule has 0 aliphatic carbocycles. The van der Waals surface area contributed by atoms with Crippen molar-refractivity contribution >= 4 is 23.5 Å². The van der Waals surface area contributed by atoms with E-state index in [2.05, 4.69) is 0 Å². The van der Waals surface area contributed by atoms with Crippen LogP contribution in [0.5, 0.6) is 11.5 Å². The molecule has 2 aromatic rings. The van der Waals surface area contributed by atoms with Gasteiger partial charge >= 0.3 is 18.1 Å². The molecule has 0 aromatic heterocycles. The highest BCUT2D eigenvalue weighted by atomic mass is 35.5. The molecule has 1 atom stereocenters. The Kier molecular flexibility index (Phi) is 6.90. The van der Waals surface area contributed by atoms with Crippen molar-refractivity contribution in [2.24, 2.45) is 0 Å². The van der Waals surface area contributed by atoms with E-state index in [1.807, 2.05) is 0 Å². The maximum atomic E-state index is 12.7. The summed E-state index contributed by atoms with van der Waals surface area (Å²) in [6, 6.07) is 8.47. The van der Waals surface area contributed by atoms with E-state index in [9.17, 15) is 22.8 Å². The van der Waals surface area contributed by atoms with Crippen LogP contribution in [0.4, 0.5) is 13.2 Å². The van der Waals surface area contributed by atoms with E-state index in [0.29, 0.717) is 0 Å². The lowest BCUT2D eigenvalue weighted by molar-refractivity contribution is -0.152. The number of alkyl halides is 3. The molecular formula is C19H16ClF3O5. The van der Waals surface area contributed by atoms with Gasteiger partial charge in [0.25, 0.3) is 0 Å². The summed E-state index contributed by atoms with van der Waals surface area (Å²) in [6.07, 6.45) is -5.69. The van der Waals surface area contributed by atoms with Crippen LogP contribution in [0.2, 0.25) is 5.02 Å². The number of benzene rings is 2. The quantitative estimate of drug-likeness (QED) is 0.601. The summed E-state index contributed by atoms with van der Waals surface area (Å²) in [5, 5.41) is -0.280. The smallest absolute Gasteiger partial charge is 0.416 e. The minimum absolute atomic E-state index is 0.00483. The fourth-order valence-electron chi connectivity index (χ4n) is 2.13. The molecule has 0 radical (unpaired) electrons. The number of halogens is 4. The van der Waals surface area contributed by atoms with Crippen molar-refractivity contribution in [3.8, 4) is 11.5 Å². The Morgan fingerprint density at radius 1 is 1.11 bits per heavy atom. The summed E-state index contributed by atoms with van der Waals surface area (Å²) in [7, 11) is 0. The summed E-state index contributed by atoms with van der Waals surface area (Å²) < 4.78 is 53.5. The van der Waals surface area contributed by atoms with Gasteiger partial charge in [-0.1, -0.05) is 23.7 Å². The summed E-state index contributed by atoms with van der Waals surface area (Å²) >= 11 is 5.88. The van der Waals surface area contributed by atoms with Crippen LogP contribution in [-0.4, -0.2) is 24.6 Å². The van der Waals surface area contributed by atoms with Crippen LogP contribution in [0.3, 0.4) is 0 Å². The van der Waals surface area contributed by atoms with Crippen molar-refractivity contribution < 1.29 is 37.0 Å². The van der Waals surface area contributed by atoms with Crippen LogP contribution < -0.4 is 4.74 Å². The van der Waals surface area contributed by atoms with Gasteiger partial charge < -0.3 is 14.2 Å². The zero-order chi connectivity index (χ0) is 20.9. The second-order valence-corrected chi connectivity index (χ2v) is 5.95. The zero-order valence-corrected chi connectivity index (χ0v) is 15.6. The molecule has 2 aromatic carbocycles. The molecule has 0 aliphatic rings. The molecule has 150 valence electrons. The van der Waals surface area contributed by atoms with E-state index in [-0.39, 0.29) is 28.7 Å². The normalized spacial score (nSPS) is 12.2. The van der Waals surface area contributed by atoms with E-state index in [0.717, 1.165) is 18.2 Å². The van der Waals surface area contributed by atoms with Crippen molar-refractivity contribution in [1.82, 2.24) is 0 Å². The lowest BCUT2D eigenvalue weighted by Gasteiger charge is -2.15. The number of carbonyl (C=O) groups excluding carboxylic acids is 2. The number of hydrogen-bond acceptors (Lipinski definition) is 5. The lowest BCUT2D eigenvalue weighted by atomic mass is 10.2. The van der Waals surface area contributed by atoms with Gasteiger partial charge in [-0.3, -0.25) is 0 Å². The highest BCUT2D eigenvalue weighted by Gasteiger charge is 2.31. The fraction of sp³-hybridized carbons (Fsp3) is 0.263. The maximum absolute atomic E-state index is 12.7. The molecule has 1 unspecified atom stereocenters. The van der Waals surface area contributed by atoms with Gasteiger partial charge in [0.15, 0.2) is 6.10 Å². The molecule has 9 heteroatoms. The van der Waals surface area contributed by atoms with Gasteiger partial charge in [0.1, 0.15) is 17.1 Å². The van der Waals surface area contributed by atoms with Crippen LogP contribution in [0.1, 0.15) is 29.8 Å². The molecule has 0 saturated heterocycles. The average molecular weight is 417 g/mol. The van der Waals surface area contributed by atoms with Crippen LogP contribution in [0.15, 0.2) is 42.5 Å². The van der Waals surface area contributed by atoms with Crippen molar-refractivity contribution in [1.29, 1.82) is 0 Å². The van der Waals surface area contributed by atoms with E-state index < -0.39 is 29.8 Å². The molecule has 5 nitrogen and oxygen atoms in total. The SMILES string of the molecule is CCOC(=O)C(C)OC(=O)c1ccccc1Oc1ccc(C(F)(F)F)cc1Cl. The minimum atomic E-state index is -4.55. The second kappa shape index (κ2) is 8.97. The molecule has 0 saturated carbocycles. The molecule has 28 heavy (non-hydrogen) atoms. The summed E-state index contributed by atoms with van der Waals surface area (Å²) in [6.45, 7) is 3.10. The van der Waals surface area contributed by atoms with Gasteiger partial charge in [0.2, 0.25) is 0 Å². The average Bonchev–Trinajstić information content (AvgIpc) is 2.63. The zero-order valence-electron chi connectivity index (χ0n) is 14.9. The number of para-hydroxylation sites is 1. The third-order valence-corrected chi connectivity index (χ3v) is 3.78. The summed E-state index contributed by atoms with van der Waals surface area (Å²) in [4.78, 5) is 24.0. The second-order valence-electron chi connectivity index (χ2n) is 5.54. The number of carbonyl (C=O) groups is 2. The van der Waals surface area contributed by atoms with E-state index in [4.69, 9.17) is 25.8 Å². The van der Waals surface area contributed by atoms with Gasteiger partial charge in [-0.15, -0.1) is 0 Å². The van der Waals surface area contributed by atoms with Crippen LogP contribution in [0, 0.1) is 0 Å². The van der Waals surface area contributed by atoms with Crippen LogP contribution >= 0.6 is 11.6 Å². The summed E-state index contributed by atoms with van der Waals surface area (Å²) in [5.74, 6) is -1.64. The molecule has 0 N–H and O–H groups in total. The minimum Gasteiger partial charge on any atom is -0.463 e. The van der Waals surface area contributed by atoms with E-state index >= 15 is 0 Å². The van der Waals surface area contributed by atoms with Crippen molar-refractivity contribution in [2.75, 3.05) is 6.61 Å². The number of rotatable bonds is 6. The van der Waals surface area contributed by atoms with Crippen molar-refractivity contribution in [3.05, 3.63) is 58.6 Å². The molecule has 0 heterocycles. The first-order chi connectivity index (χ1) is 13.1. The first-order valence-corrected chi connectivity index (χ1v) is 8.52. The fourth-order valence-corrected chi connectivity index (χ4v) is 2.35. The highest BCUT2D eigenvalue weighted by Crippen LogP contribution is 2.37. The van der Waals surface area contributed by atoms with Crippen LogP contribution in [0.25, 0.3) is 0 Å². The molecule has 0 bridgehead atoms. The number of esters is 2. The Hall–Kier alpha value is -2.74. The van der Waals surface area contributed by atoms with Crippen LogP contribution in [-0.2, 0) is 20.4 Å². The molecule has 0 aliphatic heterocycles. The molecular weight excluding hydrogens is 401 g/mol. The van der Waals surface area contributed by atoms with Gasteiger partial charge in [0.05, 0.1) is 17.2 Å². The topological polar surface area (TPSA) is 61.8 Å². The molecule has 0 amide bonds. The summed E-state index contributed by atoms with van der Waals surface area (Å²) in [5.41, 5.74) is -0.963. The Bertz CT molecular complexity index is 867. The lowest BCUT2D eigenvalue weighted by Crippen LogP contribution is -2.26. The molecule has 2 rings (SSSR count). The third-order valence-electron chi connectivity index (χ3n) is 3.49. The first-order valence-electron chi connectivity index (χ1n) is 8.14. The van der Waals surface area contributed by atoms with E-state index in [1.165, 1.54) is 25.1 Å². The predicted octanol–water partition coefficient (Wildman–Crippen LogP) is 5.26. The van der Waals surface area contributed by atoms with Crippen molar-refractivity contribution in [3.63, 3.8) is 0 Å². The monoisotopic (exact) mass is 416 g/mol. The first kappa shape index (κ1) is 21.6. The maximum Gasteiger partial charge on any atom is 0.416 e. The molecule has 0 fully saturated rings. The Morgan fingerprint density at radius 2 is 1.79 bits per heavy atom. The number of ether oxygens (including phenoxy) is 3. The molecule has 0 spiro atoms.